The Labute approximate surface area is 192 Å². The third kappa shape index (κ3) is 3.45. The molecule has 1 aliphatic heterocycles. The molecule has 2 aromatic heterocycles. The van der Waals surface area contributed by atoms with Crippen molar-refractivity contribution in [2.45, 2.75) is 30.5 Å². The molecule has 0 saturated carbocycles. The smallest absolute Gasteiger partial charge is 0.434 e. The summed E-state index contributed by atoms with van der Waals surface area (Å²) < 4.78 is 111. The lowest BCUT2D eigenvalue weighted by Gasteiger charge is -2.23. The molecule has 1 amide bonds. The van der Waals surface area contributed by atoms with Crippen LogP contribution in [0.25, 0.3) is 5.65 Å². The van der Waals surface area contributed by atoms with Gasteiger partial charge in [-0.3, -0.25) is 4.79 Å². The Bertz CT molecular complexity index is 1490. The van der Waals surface area contributed by atoms with E-state index in [0.29, 0.717) is 6.20 Å². The highest BCUT2D eigenvalue weighted by molar-refractivity contribution is 7.87. The summed E-state index contributed by atoms with van der Waals surface area (Å²) in [4.78, 5) is 18.0. The molecule has 0 fully saturated rings. The Morgan fingerprint density at radius 3 is 2.57 bits per heavy atom. The first-order valence-corrected chi connectivity index (χ1v) is 11.1. The molecule has 0 saturated heterocycles. The van der Waals surface area contributed by atoms with Crippen molar-refractivity contribution in [1.29, 1.82) is 0 Å². The van der Waals surface area contributed by atoms with E-state index in [1.807, 2.05) is 0 Å². The van der Waals surface area contributed by atoms with Gasteiger partial charge in [0.05, 0.1) is 17.9 Å². The summed E-state index contributed by atoms with van der Waals surface area (Å²) in [5.41, 5.74) is -5.64. The SMILES string of the molecule is CN1C(=O)c2cccc(OC(F)F)c2[C@H]2C[C@@H]1c1nn3cc(F)c(OS(=O)(=O)C(F)(F)F)nc3c12. The molecular weight excluding hydrogens is 510 g/mol. The highest BCUT2D eigenvalue weighted by Crippen LogP contribution is 2.53. The van der Waals surface area contributed by atoms with E-state index in [1.54, 1.807) is 0 Å². The van der Waals surface area contributed by atoms with E-state index in [4.69, 9.17) is 0 Å². The maximum Gasteiger partial charge on any atom is 0.534 e. The van der Waals surface area contributed by atoms with E-state index in [2.05, 4.69) is 19.0 Å². The summed E-state index contributed by atoms with van der Waals surface area (Å²) in [7, 11) is -4.79. The van der Waals surface area contributed by atoms with Crippen molar-refractivity contribution in [3.63, 3.8) is 0 Å². The lowest BCUT2D eigenvalue weighted by Crippen LogP contribution is -2.30. The van der Waals surface area contributed by atoms with E-state index in [-0.39, 0.29) is 40.2 Å². The molecule has 2 atom stereocenters. The number of benzene rings is 1. The number of carbonyl (C=O) groups excluding carboxylic acids is 1. The summed E-state index contributed by atoms with van der Waals surface area (Å²) in [5.74, 6) is -4.72. The van der Waals surface area contributed by atoms with Crippen LogP contribution in [0, 0.1) is 5.82 Å². The van der Waals surface area contributed by atoms with Gasteiger partial charge in [-0.15, -0.1) is 0 Å². The molecule has 1 aromatic carbocycles. The first-order chi connectivity index (χ1) is 16.3. The third-order valence-corrected chi connectivity index (χ3v) is 6.79. The Hall–Kier alpha value is -3.56. The Morgan fingerprint density at radius 1 is 1.20 bits per heavy atom. The number of hydrogen-bond donors (Lipinski definition) is 0. The van der Waals surface area contributed by atoms with Crippen LogP contribution in [0.5, 0.6) is 11.6 Å². The number of ether oxygens (including phenoxy) is 1. The second-order valence-corrected chi connectivity index (χ2v) is 9.30. The van der Waals surface area contributed by atoms with Crippen LogP contribution >= 0.6 is 0 Å². The standard InChI is InChI=1S/C19H12F6N4O5S/c1-28-10-5-8(12-7(17(28)30)3-2-4-11(12)33-18(21)22)13-14(10)27-29-6-9(20)16(26-15(13)29)34-35(31,32)19(23,24)25/h2-4,6,8,10,18H,5H2,1H3/t8-,10-/m1/s1. The molecule has 2 bridgehead atoms. The minimum atomic E-state index is -6.24. The topological polar surface area (TPSA) is 103 Å². The summed E-state index contributed by atoms with van der Waals surface area (Å²) in [6.45, 7) is -3.22. The van der Waals surface area contributed by atoms with E-state index in [9.17, 15) is 39.6 Å². The predicted molar refractivity (Wildman–Crippen MR) is 103 cm³/mol. The van der Waals surface area contributed by atoms with Crippen LogP contribution in [0.1, 0.15) is 45.6 Å². The molecule has 2 aliphatic rings. The van der Waals surface area contributed by atoms with E-state index in [1.165, 1.54) is 30.1 Å². The fourth-order valence-corrected chi connectivity index (χ4v) is 4.85. The molecule has 3 heterocycles. The largest absolute Gasteiger partial charge is 0.534 e. The fraction of sp³-hybridized carbons (Fsp3) is 0.316. The molecule has 1 aliphatic carbocycles. The molecule has 0 radical (unpaired) electrons. The normalized spacial score (nSPS) is 19.7. The van der Waals surface area contributed by atoms with Crippen LogP contribution in [-0.2, 0) is 10.1 Å². The Kier molecular flexibility index (Phi) is 4.95. The van der Waals surface area contributed by atoms with Crippen molar-refractivity contribution in [3.8, 4) is 11.6 Å². The molecule has 35 heavy (non-hydrogen) atoms. The van der Waals surface area contributed by atoms with Gasteiger partial charge in [0.2, 0.25) is 5.82 Å². The van der Waals surface area contributed by atoms with Gasteiger partial charge in [-0.1, -0.05) is 6.07 Å². The number of rotatable bonds is 4. The molecule has 3 aromatic rings. The number of carbonyl (C=O) groups is 1. The average molecular weight is 522 g/mol. The number of amides is 1. The van der Waals surface area contributed by atoms with Gasteiger partial charge < -0.3 is 13.8 Å². The lowest BCUT2D eigenvalue weighted by atomic mass is 9.89. The van der Waals surface area contributed by atoms with Crippen molar-refractivity contribution >= 4 is 21.7 Å². The molecule has 5 rings (SSSR count). The number of nitrogens with zero attached hydrogens (tertiary/aromatic N) is 4. The monoisotopic (exact) mass is 522 g/mol. The van der Waals surface area contributed by atoms with Gasteiger partial charge in [0.1, 0.15) is 5.75 Å². The van der Waals surface area contributed by atoms with Gasteiger partial charge in [0, 0.05) is 29.7 Å². The van der Waals surface area contributed by atoms with Crippen LogP contribution < -0.4 is 8.92 Å². The fourth-order valence-electron chi connectivity index (χ4n) is 4.44. The zero-order chi connectivity index (χ0) is 25.4. The number of alkyl halides is 5. The van der Waals surface area contributed by atoms with E-state index in [0.717, 1.165) is 4.52 Å². The van der Waals surface area contributed by atoms with E-state index < -0.39 is 51.8 Å². The molecule has 0 spiro atoms. The number of halogens is 6. The molecule has 0 N–H and O–H groups in total. The van der Waals surface area contributed by atoms with Crippen molar-refractivity contribution < 1.29 is 48.5 Å². The van der Waals surface area contributed by atoms with Gasteiger partial charge in [0.25, 0.3) is 11.8 Å². The van der Waals surface area contributed by atoms with Gasteiger partial charge >= 0.3 is 22.2 Å². The second-order valence-electron chi connectivity index (χ2n) is 7.76. The lowest BCUT2D eigenvalue weighted by molar-refractivity contribution is -0.0510. The van der Waals surface area contributed by atoms with Gasteiger partial charge in [-0.25, -0.2) is 4.52 Å². The maximum absolute atomic E-state index is 14.4. The summed E-state index contributed by atoms with van der Waals surface area (Å²) in [5, 5.41) is 4.18. The predicted octanol–water partition coefficient (Wildman–Crippen LogP) is 3.36. The van der Waals surface area contributed by atoms with Crippen molar-refractivity contribution in [1.82, 2.24) is 19.5 Å². The zero-order valence-electron chi connectivity index (χ0n) is 17.3. The number of hydrogen-bond acceptors (Lipinski definition) is 7. The highest BCUT2D eigenvalue weighted by atomic mass is 32.2. The molecular formula is C19H12F6N4O5S. The summed E-state index contributed by atoms with van der Waals surface area (Å²) in [6, 6.07) is 3.25. The van der Waals surface area contributed by atoms with Gasteiger partial charge in [-0.05, 0) is 18.6 Å². The van der Waals surface area contributed by atoms with Crippen molar-refractivity contribution in [3.05, 3.63) is 52.6 Å². The number of aromatic nitrogens is 3. The van der Waals surface area contributed by atoms with E-state index >= 15 is 0 Å². The van der Waals surface area contributed by atoms with Gasteiger partial charge in [0.15, 0.2) is 5.65 Å². The Morgan fingerprint density at radius 2 is 1.91 bits per heavy atom. The highest BCUT2D eigenvalue weighted by Gasteiger charge is 2.50. The molecule has 16 heteroatoms. The maximum atomic E-state index is 14.4. The van der Waals surface area contributed by atoms with Crippen LogP contribution in [0.2, 0.25) is 0 Å². The first-order valence-electron chi connectivity index (χ1n) is 9.74. The van der Waals surface area contributed by atoms with Gasteiger partial charge in [-0.2, -0.15) is 44.8 Å². The summed E-state index contributed by atoms with van der Waals surface area (Å²) >= 11 is 0. The minimum absolute atomic E-state index is 0.0429. The van der Waals surface area contributed by atoms with Crippen LogP contribution in [0.4, 0.5) is 26.3 Å². The first kappa shape index (κ1) is 23.2. The van der Waals surface area contributed by atoms with Crippen LogP contribution in [-0.4, -0.2) is 53.0 Å². The zero-order valence-corrected chi connectivity index (χ0v) is 18.1. The van der Waals surface area contributed by atoms with Crippen LogP contribution in [0.3, 0.4) is 0 Å². The number of fused-ring (bicyclic) bond motifs is 9. The quantitative estimate of drug-likeness (QED) is 0.294. The summed E-state index contributed by atoms with van der Waals surface area (Å²) in [6.07, 6.45) is 0.696. The molecule has 0 unspecified atom stereocenters. The second kappa shape index (κ2) is 7.47. The molecule has 186 valence electrons. The minimum Gasteiger partial charge on any atom is -0.434 e. The van der Waals surface area contributed by atoms with Crippen molar-refractivity contribution in [2.75, 3.05) is 7.05 Å². The third-order valence-electron chi connectivity index (χ3n) is 5.84. The Balaban J connectivity index is 1.73. The van der Waals surface area contributed by atoms with Crippen molar-refractivity contribution in [2.24, 2.45) is 0 Å². The average Bonchev–Trinajstić information content (AvgIpc) is 3.25. The molecule has 9 nitrogen and oxygen atoms in total. The van der Waals surface area contributed by atoms with Crippen LogP contribution in [0.15, 0.2) is 24.4 Å².